The van der Waals surface area contributed by atoms with Crippen molar-refractivity contribution >= 4 is 33.5 Å². The summed E-state index contributed by atoms with van der Waals surface area (Å²) in [5.41, 5.74) is 5.03. The van der Waals surface area contributed by atoms with Crippen molar-refractivity contribution < 1.29 is 5.11 Å². The highest BCUT2D eigenvalue weighted by Gasteiger charge is 2.17. The molecule has 1 atom stereocenters. The number of para-hydroxylation sites is 2. The number of aliphatic hydroxyl groups excluding tert-OH is 1. The van der Waals surface area contributed by atoms with Gasteiger partial charge in [-0.05, 0) is 37.6 Å². The zero-order chi connectivity index (χ0) is 17.6. The first kappa shape index (κ1) is 16.1. The number of nitrogens with zero attached hydrogens (tertiary/aromatic N) is 4. The van der Waals surface area contributed by atoms with E-state index in [-0.39, 0.29) is 0 Å². The summed E-state index contributed by atoms with van der Waals surface area (Å²) >= 11 is 6.42. The molecule has 2 aromatic carbocycles. The van der Waals surface area contributed by atoms with Crippen LogP contribution in [0.1, 0.15) is 11.3 Å². The Morgan fingerprint density at radius 3 is 2.72 bits per heavy atom. The number of hydrogen-bond donors (Lipinski definition) is 1. The molecule has 1 N–H and O–H groups in total. The van der Waals surface area contributed by atoms with E-state index in [1.54, 1.807) is 4.68 Å². The molecule has 25 heavy (non-hydrogen) atoms. The van der Waals surface area contributed by atoms with Crippen LogP contribution in [-0.4, -0.2) is 30.8 Å². The van der Waals surface area contributed by atoms with Crippen LogP contribution in [0.2, 0.25) is 5.02 Å². The summed E-state index contributed by atoms with van der Waals surface area (Å²) in [4.78, 5) is 0. The first-order valence-corrected chi connectivity index (χ1v) is 8.64. The summed E-state index contributed by atoms with van der Waals surface area (Å²) in [6.45, 7) is 4.97. The van der Waals surface area contributed by atoms with Crippen LogP contribution in [0, 0.1) is 13.8 Å². The summed E-state index contributed by atoms with van der Waals surface area (Å²) in [5, 5.41) is 20.8. The molecule has 0 amide bonds. The van der Waals surface area contributed by atoms with E-state index >= 15 is 0 Å². The summed E-state index contributed by atoms with van der Waals surface area (Å²) < 4.78 is 3.84. The largest absolute Gasteiger partial charge is 0.389 e. The van der Waals surface area contributed by atoms with E-state index in [2.05, 4.69) is 34.8 Å². The van der Waals surface area contributed by atoms with E-state index in [0.29, 0.717) is 18.1 Å². The first-order valence-electron chi connectivity index (χ1n) is 8.26. The van der Waals surface area contributed by atoms with E-state index in [1.165, 1.54) is 5.56 Å². The molecule has 0 radical (unpaired) electrons. The van der Waals surface area contributed by atoms with Crippen LogP contribution in [0.15, 0.2) is 42.5 Å². The quantitative estimate of drug-likeness (QED) is 0.607. The number of aryl methyl sites for hydroxylation is 1. The fourth-order valence-electron chi connectivity index (χ4n) is 3.41. The minimum absolute atomic E-state index is 0.378. The van der Waals surface area contributed by atoms with Crippen molar-refractivity contribution in [2.24, 2.45) is 0 Å². The molecule has 0 saturated heterocycles. The van der Waals surface area contributed by atoms with Gasteiger partial charge in [-0.2, -0.15) is 0 Å². The van der Waals surface area contributed by atoms with Gasteiger partial charge < -0.3 is 9.67 Å². The molecule has 0 unspecified atom stereocenters. The fraction of sp³-hybridized carbons (Fsp3) is 0.263. The zero-order valence-electron chi connectivity index (χ0n) is 14.1. The highest BCUT2D eigenvalue weighted by molar-refractivity contribution is 6.35. The van der Waals surface area contributed by atoms with Gasteiger partial charge in [0.2, 0.25) is 0 Å². The van der Waals surface area contributed by atoms with E-state index in [9.17, 15) is 5.11 Å². The molecule has 0 fully saturated rings. The lowest BCUT2D eigenvalue weighted by Crippen LogP contribution is -2.23. The molecule has 0 bridgehead atoms. The topological polar surface area (TPSA) is 55.9 Å². The second kappa shape index (κ2) is 6.17. The number of aromatic nitrogens is 4. The van der Waals surface area contributed by atoms with Gasteiger partial charge in [-0.25, -0.2) is 4.68 Å². The van der Waals surface area contributed by atoms with Gasteiger partial charge >= 0.3 is 0 Å². The van der Waals surface area contributed by atoms with Crippen molar-refractivity contribution in [2.75, 3.05) is 0 Å². The van der Waals surface area contributed by atoms with Gasteiger partial charge in [-0.1, -0.05) is 41.1 Å². The highest BCUT2D eigenvalue weighted by Crippen LogP contribution is 2.31. The maximum absolute atomic E-state index is 10.7. The van der Waals surface area contributed by atoms with Gasteiger partial charge in [0, 0.05) is 11.1 Å². The predicted molar refractivity (Wildman–Crippen MR) is 100.0 cm³/mol. The van der Waals surface area contributed by atoms with E-state index in [4.69, 9.17) is 11.6 Å². The fourth-order valence-corrected chi connectivity index (χ4v) is 3.68. The summed E-state index contributed by atoms with van der Waals surface area (Å²) in [7, 11) is 0. The zero-order valence-corrected chi connectivity index (χ0v) is 14.9. The minimum Gasteiger partial charge on any atom is -0.389 e. The molecule has 0 aliphatic carbocycles. The number of benzene rings is 2. The third-order valence-electron chi connectivity index (χ3n) is 4.81. The van der Waals surface area contributed by atoms with Gasteiger partial charge in [-0.15, -0.1) is 5.10 Å². The van der Waals surface area contributed by atoms with Crippen molar-refractivity contribution in [3.63, 3.8) is 0 Å². The third-order valence-corrected chi connectivity index (χ3v) is 5.11. The predicted octanol–water partition coefficient (Wildman–Crippen LogP) is 3.72. The molecular weight excluding hydrogens is 336 g/mol. The van der Waals surface area contributed by atoms with Gasteiger partial charge in [0.15, 0.2) is 0 Å². The number of hydrogen-bond acceptors (Lipinski definition) is 3. The second-order valence-corrected chi connectivity index (χ2v) is 6.78. The van der Waals surface area contributed by atoms with Crippen molar-refractivity contribution in [2.45, 2.75) is 33.0 Å². The molecule has 5 nitrogen and oxygen atoms in total. The Morgan fingerprint density at radius 2 is 1.88 bits per heavy atom. The normalized spacial score (nSPS) is 13.0. The number of fused-ring (bicyclic) bond motifs is 2. The Labute approximate surface area is 150 Å². The molecule has 0 aliphatic heterocycles. The Balaban J connectivity index is 1.66. The maximum Gasteiger partial charge on any atom is 0.113 e. The van der Waals surface area contributed by atoms with Gasteiger partial charge in [0.1, 0.15) is 5.52 Å². The lowest BCUT2D eigenvalue weighted by molar-refractivity contribution is 0.131. The highest BCUT2D eigenvalue weighted by atomic mass is 35.5. The van der Waals surface area contributed by atoms with E-state index < -0.39 is 6.10 Å². The van der Waals surface area contributed by atoms with Crippen LogP contribution < -0.4 is 0 Å². The molecule has 0 saturated carbocycles. The van der Waals surface area contributed by atoms with Crippen molar-refractivity contribution in [1.29, 1.82) is 0 Å². The van der Waals surface area contributed by atoms with Crippen LogP contribution in [0.3, 0.4) is 0 Å². The van der Waals surface area contributed by atoms with Crippen molar-refractivity contribution in [3.05, 3.63) is 58.7 Å². The van der Waals surface area contributed by atoms with Crippen LogP contribution in [0.25, 0.3) is 21.9 Å². The lowest BCUT2D eigenvalue weighted by Gasteiger charge is -2.15. The van der Waals surface area contributed by atoms with Crippen molar-refractivity contribution in [3.8, 4) is 0 Å². The van der Waals surface area contributed by atoms with Crippen molar-refractivity contribution in [1.82, 2.24) is 19.6 Å². The van der Waals surface area contributed by atoms with Crippen LogP contribution in [0.5, 0.6) is 0 Å². The summed E-state index contributed by atoms with van der Waals surface area (Å²) in [6, 6.07) is 13.7. The third kappa shape index (κ3) is 2.69. The molecular formula is C19H19ClN4O. The lowest BCUT2D eigenvalue weighted by atomic mass is 10.2. The monoisotopic (exact) mass is 354 g/mol. The van der Waals surface area contributed by atoms with Crippen LogP contribution in [0.4, 0.5) is 0 Å². The molecule has 0 aliphatic rings. The number of aliphatic hydroxyl groups is 1. The maximum atomic E-state index is 10.7. The number of rotatable bonds is 4. The molecule has 0 spiro atoms. The molecule has 4 aromatic rings. The second-order valence-electron chi connectivity index (χ2n) is 6.37. The molecule has 2 heterocycles. The molecule has 6 heteroatoms. The first-order chi connectivity index (χ1) is 12.1. The summed E-state index contributed by atoms with van der Waals surface area (Å²) in [5.74, 6) is 0. The molecule has 2 aromatic heterocycles. The van der Waals surface area contributed by atoms with Gasteiger partial charge in [0.25, 0.3) is 0 Å². The van der Waals surface area contributed by atoms with Gasteiger partial charge in [0.05, 0.1) is 35.2 Å². The number of halogens is 1. The Hall–Kier alpha value is -2.37. The minimum atomic E-state index is -0.602. The SMILES string of the molecule is Cc1c(C)n(C[C@@H](O)Cn2nnc3ccccc32)c2c(Cl)cccc12. The Kier molecular flexibility index (Phi) is 3.98. The Morgan fingerprint density at radius 1 is 1.08 bits per heavy atom. The molecule has 4 rings (SSSR count). The van der Waals surface area contributed by atoms with Gasteiger partial charge in [-0.3, -0.25) is 0 Å². The molecule has 128 valence electrons. The van der Waals surface area contributed by atoms with Crippen LogP contribution >= 0.6 is 11.6 Å². The Bertz CT molecular complexity index is 1070. The average molecular weight is 355 g/mol. The van der Waals surface area contributed by atoms with Crippen LogP contribution in [-0.2, 0) is 13.1 Å². The van der Waals surface area contributed by atoms with E-state index in [0.717, 1.165) is 27.6 Å². The smallest absolute Gasteiger partial charge is 0.113 e. The summed E-state index contributed by atoms with van der Waals surface area (Å²) in [6.07, 6.45) is -0.602. The standard InChI is InChI=1S/C19H19ClN4O/c1-12-13(2)23(19-15(12)6-5-7-16(19)20)10-14(25)11-24-18-9-4-3-8-17(18)21-22-24/h3-9,14,25H,10-11H2,1-2H3/t14-/m1/s1. The average Bonchev–Trinajstić information content (AvgIpc) is 3.11. The van der Waals surface area contributed by atoms with E-state index in [1.807, 2.05) is 36.4 Å².